The molecule has 0 aromatic heterocycles. The third kappa shape index (κ3) is 5.05. The molecule has 112 valence electrons. The number of thiocarbonyl (C=S) groups is 1. The minimum absolute atomic E-state index is 0.0314. The van der Waals surface area contributed by atoms with Gasteiger partial charge in [-0.2, -0.15) is 0 Å². The molecule has 0 saturated heterocycles. The Morgan fingerprint density at radius 2 is 1.91 bits per heavy atom. The fraction of sp³-hybridized carbons (Fsp3) is 0. The molecule has 2 aromatic carbocycles. The molecule has 0 saturated carbocycles. The number of hydrogen-bond donors (Lipinski definition) is 2. The molecular formula is C16H12BrFN2OS. The lowest BCUT2D eigenvalue weighted by atomic mass is 10.2. The Hall–Kier alpha value is -2.05. The number of amides is 1. The maximum Gasteiger partial charge on any atom is 0.250 e. The first-order valence-electron chi connectivity index (χ1n) is 6.35. The molecule has 0 spiro atoms. The number of anilines is 1. The van der Waals surface area contributed by atoms with E-state index in [-0.39, 0.29) is 16.7 Å². The van der Waals surface area contributed by atoms with Crippen LogP contribution in [-0.2, 0) is 4.79 Å². The lowest BCUT2D eigenvalue weighted by Crippen LogP contribution is -2.33. The van der Waals surface area contributed by atoms with Gasteiger partial charge in [-0.25, -0.2) is 4.39 Å². The standard InChI is InChI=1S/C16H12BrFN2OS/c17-12-7-8-14(13(18)10-12)19-16(22)20-15(21)9-6-11-4-2-1-3-5-11/h1-10H,(H2,19,20,21,22)/b9-6+. The van der Waals surface area contributed by atoms with Crippen molar-refractivity contribution in [1.29, 1.82) is 0 Å². The van der Waals surface area contributed by atoms with E-state index in [1.807, 2.05) is 30.3 Å². The molecule has 0 fully saturated rings. The summed E-state index contributed by atoms with van der Waals surface area (Å²) in [4.78, 5) is 11.7. The maximum atomic E-state index is 13.6. The highest BCUT2D eigenvalue weighted by molar-refractivity contribution is 9.10. The van der Waals surface area contributed by atoms with E-state index in [0.717, 1.165) is 5.56 Å². The number of hydrogen-bond acceptors (Lipinski definition) is 2. The largest absolute Gasteiger partial charge is 0.330 e. The van der Waals surface area contributed by atoms with Gasteiger partial charge in [-0.15, -0.1) is 0 Å². The first-order chi connectivity index (χ1) is 10.5. The van der Waals surface area contributed by atoms with Crippen molar-refractivity contribution in [2.75, 3.05) is 5.32 Å². The van der Waals surface area contributed by atoms with Gasteiger partial charge in [-0.3, -0.25) is 10.1 Å². The summed E-state index contributed by atoms with van der Waals surface area (Å²) in [5.41, 5.74) is 1.09. The lowest BCUT2D eigenvalue weighted by molar-refractivity contribution is -0.115. The molecule has 0 aliphatic rings. The van der Waals surface area contributed by atoms with Gasteiger partial charge in [0.1, 0.15) is 5.82 Å². The van der Waals surface area contributed by atoms with E-state index in [1.165, 1.54) is 18.2 Å². The molecule has 2 N–H and O–H groups in total. The summed E-state index contributed by atoms with van der Waals surface area (Å²) in [7, 11) is 0. The van der Waals surface area contributed by atoms with E-state index >= 15 is 0 Å². The lowest BCUT2D eigenvalue weighted by Gasteiger charge is -2.09. The normalized spacial score (nSPS) is 10.5. The van der Waals surface area contributed by atoms with Crippen molar-refractivity contribution >= 4 is 50.9 Å². The molecule has 6 heteroatoms. The van der Waals surface area contributed by atoms with Gasteiger partial charge in [-0.1, -0.05) is 46.3 Å². The van der Waals surface area contributed by atoms with E-state index in [2.05, 4.69) is 26.6 Å². The van der Waals surface area contributed by atoms with Crippen LogP contribution in [0.25, 0.3) is 6.08 Å². The maximum absolute atomic E-state index is 13.6. The zero-order valence-corrected chi connectivity index (χ0v) is 13.7. The first kappa shape index (κ1) is 16.3. The van der Waals surface area contributed by atoms with Crippen molar-refractivity contribution in [2.24, 2.45) is 0 Å². The van der Waals surface area contributed by atoms with Crippen LogP contribution in [0.1, 0.15) is 5.56 Å². The molecule has 2 aromatic rings. The molecule has 0 heterocycles. The fourth-order valence-corrected chi connectivity index (χ4v) is 2.18. The number of benzene rings is 2. The van der Waals surface area contributed by atoms with Gasteiger partial charge < -0.3 is 5.32 Å². The molecule has 0 aliphatic heterocycles. The van der Waals surface area contributed by atoms with E-state index < -0.39 is 5.82 Å². The third-order valence-electron chi connectivity index (χ3n) is 2.64. The highest BCUT2D eigenvalue weighted by Crippen LogP contribution is 2.19. The summed E-state index contributed by atoms with van der Waals surface area (Å²) in [6, 6.07) is 13.9. The quantitative estimate of drug-likeness (QED) is 0.623. The second-order valence-electron chi connectivity index (χ2n) is 4.31. The molecule has 2 rings (SSSR count). The fourth-order valence-electron chi connectivity index (χ4n) is 1.63. The van der Waals surface area contributed by atoms with Crippen molar-refractivity contribution in [3.8, 4) is 0 Å². The molecule has 0 atom stereocenters. The molecule has 0 unspecified atom stereocenters. The van der Waals surface area contributed by atoms with E-state index in [4.69, 9.17) is 12.2 Å². The van der Waals surface area contributed by atoms with Gasteiger partial charge in [0.15, 0.2) is 5.11 Å². The van der Waals surface area contributed by atoms with E-state index in [1.54, 1.807) is 12.1 Å². The summed E-state index contributed by atoms with van der Waals surface area (Å²) in [6.45, 7) is 0. The second kappa shape index (κ2) is 7.82. The minimum atomic E-state index is -0.467. The van der Waals surface area contributed by atoms with Crippen molar-refractivity contribution in [3.05, 3.63) is 70.5 Å². The van der Waals surface area contributed by atoms with Crippen molar-refractivity contribution in [3.63, 3.8) is 0 Å². The molecule has 1 amide bonds. The van der Waals surface area contributed by atoms with Gasteiger partial charge >= 0.3 is 0 Å². The smallest absolute Gasteiger partial charge is 0.250 e. The number of halogens is 2. The molecule has 0 aliphatic carbocycles. The van der Waals surface area contributed by atoms with Gasteiger partial charge in [0.05, 0.1) is 5.69 Å². The summed E-state index contributed by atoms with van der Waals surface area (Å²) in [6.07, 6.45) is 3.03. The molecule has 3 nitrogen and oxygen atoms in total. The topological polar surface area (TPSA) is 41.1 Å². The Balaban J connectivity index is 1.91. The zero-order chi connectivity index (χ0) is 15.9. The van der Waals surface area contributed by atoms with Crippen LogP contribution in [0.15, 0.2) is 59.1 Å². The average Bonchev–Trinajstić information content (AvgIpc) is 2.49. The van der Waals surface area contributed by atoms with Gasteiger partial charge in [-0.05, 0) is 42.1 Å². The van der Waals surface area contributed by atoms with Crippen LogP contribution < -0.4 is 10.6 Å². The van der Waals surface area contributed by atoms with Crippen LogP contribution in [0.4, 0.5) is 10.1 Å². The van der Waals surface area contributed by atoms with Crippen LogP contribution in [0, 0.1) is 5.82 Å². The molecule has 0 radical (unpaired) electrons. The number of nitrogens with one attached hydrogen (secondary N) is 2. The highest BCUT2D eigenvalue weighted by atomic mass is 79.9. The van der Waals surface area contributed by atoms with E-state index in [9.17, 15) is 9.18 Å². The Morgan fingerprint density at radius 3 is 2.59 bits per heavy atom. The summed E-state index contributed by atoms with van der Waals surface area (Å²) >= 11 is 8.15. The SMILES string of the molecule is O=C(/C=C/c1ccccc1)NC(=S)Nc1ccc(Br)cc1F. The Morgan fingerprint density at radius 1 is 1.18 bits per heavy atom. The van der Waals surface area contributed by atoms with Crippen LogP contribution in [0.3, 0.4) is 0 Å². The van der Waals surface area contributed by atoms with Gasteiger partial charge in [0, 0.05) is 10.5 Å². The van der Waals surface area contributed by atoms with Crippen molar-refractivity contribution < 1.29 is 9.18 Å². The zero-order valence-electron chi connectivity index (χ0n) is 11.3. The number of carbonyl (C=O) groups excluding carboxylic acids is 1. The van der Waals surface area contributed by atoms with Crippen molar-refractivity contribution in [2.45, 2.75) is 0 Å². The van der Waals surface area contributed by atoms with Gasteiger partial charge in [0.25, 0.3) is 0 Å². The molecule has 22 heavy (non-hydrogen) atoms. The van der Waals surface area contributed by atoms with Crippen LogP contribution in [0.5, 0.6) is 0 Å². The molecular weight excluding hydrogens is 367 g/mol. The summed E-state index contributed by atoms with van der Waals surface area (Å²) in [5.74, 6) is -0.857. The van der Waals surface area contributed by atoms with E-state index in [0.29, 0.717) is 4.47 Å². The van der Waals surface area contributed by atoms with Crippen molar-refractivity contribution in [1.82, 2.24) is 5.32 Å². The van der Waals surface area contributed by atoms with Crippen LogP contribution in [-0.4, -0.2) is 11.0 Å². The summed E-state index contributed by atoms with van der Waals surface area (Å²) < 4.78 is 14.3. The molecule has 0 bridgehead atoms. The Labute approximate surface area is 141 Å². The third-order valence-corrected chi connectivity index (χ3v) is 3.34. The highest BCUT2D eigenvalue weighted by Gasteiger charge is 2.06. The number of rotatable bonds is 3. The second-order valence-corrected chi connectivity index (χ2v) is 5.64. The summed E-state index contributed by atoms with van der Waals surface area (Å²) in [5, 5.41) is 5.12. The predicted molar refractivity (Wildman–Crippen MR) is 93.9 cm³/mol. The first-order valence-corrected chi connectivity index (χ1v) is 7.55. The average molecular weight is 379 g/mol. The van der Waals surface area contributed by atoms with Crippen LogP contribution in [0.2, 0.25) is 0 Å². The monoisotopic (exact) mass is 378 g/mol. The Bertz CT molecular complexity index is 719. The minimum Gasteiger partial charge on any atom is -0.330 e. The number of carbonyl (C=O) groups is 1. The van der Waals surface area contributed by atoms with Gasteiger partial charge in [0.2, 0.25) is 5.91 Å². The predicted octanol–water partition coefficient (Wildman–Crippen LogP) is 4.11. The van der Waals surface area contributed by atoms with Crippen LogP contribution >= 0.6 is 28.1 Å². The Kier molecular flexibility index (Phi) is 5.80.